The normalized spacial score (nSPS) is 9.25. The minimum absolute atomic E-state index is 0.246. The number of ether oxygens (including phenoxy) is 2. The summed E-state index contributed by atoms with van der Waals surface area (Å²) >= 11 is 0. The number of methoxy groups -OCH3 is 1. The minimum atomic E-state index is 0.246. The van der Waals surface area contributed by atoms with Crippen LogP contribution in [-0.2, 0) is 0 Å². The summed E-state index contributed by atoms with van der Waals surface area (Å²) in [6, 6.07) is 7.21. The monoisotopic (exact) mass is 163 g/mol. The molecule has 12 heavy (non-hydrogen) atoms. The number of hydrogen-bond acceptors (Lipinski definition) is 2. The Kier molecular flexibility index (Phi) is 2.53. The van der Waals surface area contributed by atoms with E-state index in [0.717, 1.165) is 11.5 Å². The van der Waals surface area contributed by atoms with Crippen molar-refractivity contribution in [1.29, 1.82) is 0 Å². The molecule has 1 aromatic carbocycles. The molecule has 0 aromatic heterocycles. The molecule has 0 saturated heterocycles. The van der Waals surface area contributed by atoms with Gasteiger partial charge in [0.2, 0.25) is 0 Å². The third-order valence-corrected chi connectivity index (χ3v) is 1.37. The van der Waals surface area contributed by atoms with Gasteiger partial charge in [-0.2, -0.15) is 0 Å². The molecular formula is C10H10O2. The van der Waals surface area contributed by atoms with Crippen LogP contribution in [0.1, 0.15) is 1.37 Å². The van der Waals surface area contributed by atoms with Gasteiger partial charge in [-0.3, -0.25) is 0 Å². The van der Waals surface area contributed by atoms with Gasteiger partial charge in [0.05, 0.1) is 7.11 Å². The van der Waals surface area contributed by atoms with Crippen molar-refractivity contribution in [2.45, 2.75) is 0 Å². The molecule has 0 bridgehead atoms. The SMILES string of the molecule is [2H]C#CCOc1ccc(OC)cc1. The highest BCUT2D eigenvalue weighted by Crippen LogP contribution is 2.16. The Labute approximate surface area is 73.5 Å². The van der Waals surface area contributed by atoms with E-state index in [-0.39, 0.29) is 6.61 Å². The molecule has 2 nitrogen and oxygen atoms in total. The third kappa shape index (κ3) is 2.21. The Bertz CT molecular complexity index is 308. The van der Waals surface area contributed by atoms with Gasteiger partial charge in [-0.15, -0.1) is 6.40 Å². The molecule has 0 atom stereocenters. The largest absolute Gasteiger partial charge is 0.497 e. The van der Waals surface area contributed by atoms with E-state index >= 15 is 0 Å². The Hall–Kier alpha value is -1.62. The predicted octanol–water partition coefficient (Wildman–Crippen LogP) is 1.71. The van der Waals surface area contributed by atoms with E-state index < -0.39 is 0 Å². The smallest absolute Gasteiger partial charge is 0.148 e. The lowest BCUT2D eigenvalue weighted by Crippen LogP contribution is -1.92. The highest BCUT2D eigenvalue weighted by atomic mass is 16.5. The summed E-state index contributed by atoms with van der Waals surface area (Å²) in [6.45, 7) is 0.246. The van der Waals surface area contributed by atoms with Gasteiger partial charge in [0.25, 0.3) is 0 Å². The average Bonchev–Trinajstić information content (AvgIpc) is 2.19. The zero-order chi connectivity index (χ0) is 9.52. The molecule has 0 aliphatic rings. The molecule has 0 heterocycles. The Morgan fingerprint density at radius 2 is 2.08 bits per heavy atom. The van der Waals surface area contributed by atoms with Crippen LogP contribution in [0.5, 0.6) is 11.5 Å². The van der Waals surface area contributed by atoms with E-state index in [1.165, 1.54) is 0 Å². The van der Waals surface area contributed by atoms with Crippen LogP contribution in [0, 0.1) is 12.3 Å². The topological polar surface area (TPSA) is 18.5 Å². The second-order valence-corrected chi connectivity index (χ2v) is 2.14. The van der Waals surface area contributed by atoms with Crippen molar-refractivity contribution < 1.29 is 10.8 Å². The Morgan fingerprint density at radius 1 is 1.42 bits per heavy atom. The van der Waals surface area contributed by atoms with Crippen LogP contribution in [0.25, 0.3) is 0 Å². The van der Waals surface area contributed by atoms with Gasteiger partial charge in [0, 0.05) is 0 Å². The highest BCUT2D eigenvalue weighted by Gasteiger charge is 1.92. The number of terminal acetylenes is 1. The molecule has 62 valence electrons. The van der Waals surface area contributed by atoms with Gasteiger partial charge in [0.1, 0.15) is 19.5 Å². The van der Waals surface area contributed by atoms with Gasteiger partial charge in [-0.1, -0.05) is 5.92 Å². The van der Waals surface area contributed by atoms with E-state index in [2.05, 4.69) is 5.92 Å². The molecule has 0 aliphatic heterocycles. The first-order valence-electron chi connectivity index (χ1n) is 4.03. The van der Waals surface area contributed by atoms with Crippen molar-refractivity contribution in [3.05, 3.63) is 24.3 Å². The summed E-state index contributed by atoms with van der Waals surface area (Å²) < 4.78 is 16.7. The van der Waals surface area contributed by atoms with E-state index in [9.17, 15) is 0 Å². The highest BCUT2D eigenvalue weighted by molar-refractivity contribution is 5.31. The standard InChI is InChI=1S/C10H10O2/c1-3-8-12-10-6-4-9(11-2)5-7-10/h1,4-7H,8H2,2H3/i1D. The minimum Gasteiger partial charge on any atom is -0.497 e. The number of rotatable bonds is 3. The lowest BCUT2D eigenvalue weighted by Gasteiger charge is -2.02. The zero-order valence-electron chi connectivity index (χ0n) is 7.83. The Balaban J connectivity index is 2.52. The van der Waals surface area contributed by atoms with Gasteiger partial charge in [-0.05, 0) is 24.3 Å². The fourth-order valence-electron chi connectivity index (χ4n) is 0.791. The zero-order valence-corrected chi connectivity index (χ0v) is 6.83. The van der Waals surface area contributed by atoms with Crippen LogP contribution in [0.3, 0.4) is 0 Å². The van der Waals surface area contributed by atoms with Crippen molar-refractivity contribution in [1.82, 2.24) is 0 Å². The van der Waals surface area contributed by atoms with E-state index in [1.807, 2.05) is 18.5 Å². The first kappa shape index (κ1) is 7.05. The fraction of sp³-hybridized carbons (Fsp3) is 0.200. The maximum absolute atomic E-state index is 6.57. The first-order chi connectivity index (χ1) is 6.36. The van der Waals surface area contributed by atoms with E-state index in [4.69, 9.17) is 10.8 Å². The lowest BCUT2D eigenvalue weighted by atomic mass is 10.3. The predicted molar refractivity (Wildman–Crippen MR) is 47.3 cm³/mol. The first-order valence-corrected chi connectivity index (χ1v) is 3.53. The summed E-state index contributed by atoms with van der Waals surface area (Å²) in [6.07, 6.45) is 2.01. The van der Waals surface area contributed by atoms with Crippen LogP contribution in [0.2, 0.25) is 0 Å². The summed E-state index contributed by atoms with van der Waals surface area (Å²) in [7, 11) is 1.61. The van der Waals surface area contributed by atoms with Crippen LogP contribution in [-0.4, -0.2) is 13.7 Å². The summed E-state index contributed by atoms with van der Waals surface area (Å²) in [5.41, 5.74) is 0. The number of benzene rings is 1. The molecule has 0 radical (unpaired) electrons. The molecular weight excluding hydrogens is 152 g/mol. The summed E-state index contributed by atoms with van der Waals surface area (Å²) in [5, 5.41) is 0. The molecule has 0 aliphatic carbocycles. The molecule has 0 spiro atoms. The molecule has 1 aromatic rings. The molecule has 1 rings (SSSR count). The van der Waals surface area contributed by atoms with Gasteiger partial charge < -0.3 is 9.47 Å². The quantitative estimate of drug-likeness (QED) is 0.631. The lowest BCUT2D eigenvalue weighted by molar-refractivity contribution is 0.368. The van der Waals surface area contributed by atoms with Crippen molar-refractivity contribution >= 4 is 0 Å². The summed E-state index contributed by atoms with van der Waals surface area (Å²) in [5.74, 6) is 4.00. The van der Waals surface area contributed by atoms with Crippen molar-refractivity contribution in [2.75, 3.05) is 13.7 Å². The molecule has 2 heteroatoms. The Morgan fingerprint density at radius 3 is 2.67 bits per heavy atom. The fourth-order valence-corrected chi connectivity index (χ4v) is 0.791. The maximum Gasteiger partial charge on any atom is 0.148 e. The summed E-state index contributed by atoms with van der Waals surface area (Å²) in [4.78, 5) is 0. The van der Waals surface area contributed by atoms with Crippen LogP contribution in [0.15, 0.2) is 24.3 Å². The second-order valence-electron chi connectivity index (χ2n) is 2.14. The van der Waals surface area contributed by atoms with E-state index in [0.29, 0.717) is 0 Å². The van der Waals surface area contributed by atoms with E-state index in [1.54, 1.807) is 19.2 Å². The molecule has 0 amide bonds. The van der Waals surface area contributed by atoms with Gasteiger partial charge in [0.15, 0.2) is 0 Å². The van der Waals surface area contributed by atoms with Crippen LogP contribution >= 0.6 is 0 Å². The number of hydrogen-bond donors (Lipinski definition) is 0. The molecule has 0 N–H and O–H groups in total. The van der Waals surface area contributed by atoms with Gasteiger partial charge >= 0.3 is 0 Å². The second kappa shape index (κ2) is 4.30. The molecule has 0 unspecified atom stereocenters. The van der Waals surface area contributed by atoms with Crippen molar-refractivity contribution in [3.8, 4) is 23.8 Å². The maximum atomic E-state index is 6.57. The van der Waals surface area contributed by atoms with Crippen LogP contribution in [0.4, 0.5) is 0 Å². The van der Waals surface area contributed by atoms with Crippen molar-refractivity contribution in [2.24, 2.45) is 0 Å². The average molecular weight is 163 g/mol. The van der Waals surface area contributed by atoms with Gasteiger partial charge in [-0.25, -0.2) is 0 Å². The van der Waals surface area contributed by atoms with Crippen molar-refractivity contribution in [3.63, 3.8) is 0 Å². The third-order valence-electron chi connectivity index (χ3n) is 1.37. The van der Waals surface area contributed by atoms with Crippen LogP contribution < -0.4 is 9.47 Å². The molecule has 0 fully saturated rings. The molecule has 0 saturated carbocycles.